The molecule has 0 aliphatic heterocycles. The lowest BCUT2D eigenvalue weighted by Crippen LogP contribution is -2.14. The largest absolute Gasteiger partial charge is 0.481 e. The van der Waals surface area contributed by atoms with E-state index >= 15 is 0 Å². The maximum absolute atomic E-state index is 12.0. The van der Waals surface area contributed by atoms with E-state index in [9.17, 15) is 8.78 Å². The van der Waals surface area contributed by atoms with Crippen molar-refractivity contribution in [3.05, 3.63) is 23.8 Å². The second kappa shape index (κ2) is 5.29. The lowest BCUT2D eigenvalue weighted by atomic mass is 10.1. The Morgan fingerprint density at radius 3 is 2.81 bits per heavy atom. The van der Waals surface area contributed by atoms with Gasteiger partial charge in [0.25, 0.3) is 6.43 Å². The van der Waals surface area contributed by atoms with Crippen LogP contribution in [0.15, 0.2) is 18.2 Å². The molecule has 16 heavy (non-hydrogen) atoms. The van der Waals surface area contributed by atoms with E-state index < -0.39 is 13.0 Å². The smallest absolute Gasteiger partial charge is 0.255 e. The zero-order valence-corrected chi connectivity index (χ0v) is 8.76. The summed E-state index contributed by atoms with van der Waals surface area (Å²) in [7, 11) is 1.34. The van der Waals surface area contributed by atoms with E-state index in [-0.39, 0.29) is 5.90 Å². The molecular weight excluding hydrogens is 216 g/mol. The number of ether oxygens (including phenoxy) is 1. The molecule has 88 valence electrons. The number of methoxy groups -OCH3 is 1. The summed E-state index contributed by atoms with van der Waals surface area (Å²) in [6.07, 6.45) is -2.46. The van der Waals surface area contributed by atoms with Gasteiger partial charge in [-0.05, 0) is 18.2 Å². The summed E-state index contributed by atoms with van der Waals surface area (Å²) in [6.45, 7) is -0.478. The molecule has 0 bridgehead atoms. The number of anilines is 2. The van der Waals surface area contributed by atoms with Crippen LogP contribution in [-0.4, -0.2) is 26.0 Å². The normalized spacial score (nSPS) is 10.2. The second-order valence-corrected chi connectivity index (χ2v) is 3.11. The molecule has 0 spiro atoms. The van der Waals surface area contributed by atoms with Crippen LogP contribution in [0.25, 0.3) is 0 Å². The average Bonchev–Trinajstić information content (AvgIpc) is 2.26. The Balaban J connectivity index is 2.93. The molecule has 0 aliphatic carbocycles. The van der Waals surface area contributed by atoms with Crippen molar-refractivity contribution in [2.45, 2.75) is 6.43 Å². The van der Waals surface area contributed by atoms with Crippen molar-refractivity contribution >= 4 is 17.3 Å². The summed E-state index contributed by atoms with van der Waals surface area (Å²) in [5.41, 5.74) is 6.76. The number of halogens is 2. The van der Waals surface area contributed by atoms with Crippen LogP contribution >= 0.6 is 0 Å². The first-order chi connectivity index (χ1) is 7.54. The van der Waals surface area contributed by atoms with E-state index in [0.29, 0.717) is 16.9 Å². The molecule has 0 fully saturated rings. The Kier molecular flexibility index (Phi) is 4.04. The van der Waals surface area contributed by atoms with Crippen molar-refractivity contribution < 1.29 is 13.5 Å². The van der Waals surface area contributed by atoms with Crippen LogP contribution in [-0.2, 0) is 4.74 Å². The molecule has 6 heteroatoms. The van der Waals surface area contributed by atoms with Crippen LogP contribution in [0.2, 0.25) is 0 Å². The van der Waals surface area contributed by atoms with Crippen molar-refractivity contribution in [3.8, 4) is 0 Å². The van der Waals surface area contributed by atoms with Gasteiger partial charge in [-0.15, -0.1) is 0 Å². The molecule has 0 saturated heterocycles. The van der Waals surface area contributed by atoms with Gasteiger partial charge in [0.15, 0.2) is 0 Å². The predicted octanol–water partition coefficient (Wildman–Crippen LogP) is 1.92. The van der Waals surface area contributed by atoms with Gasteiger partial charge >= 0.3 is 0 Å². The quantitative estimate of drug-likeness (QED) is 0.419. The third-order valence-electron chi connectivity index (χ3n) is 1.94. The van der Waals surface area contributed by atoms with Gasteiger partial charge in [-0.2, -0.15) is 0 Å². The van der Waals surface area contributed by atoms with Crippen molar-refractivity contribution in [1.82, 2.24) is 0 Å². The second-order valence-electron chi connectivity index (χ2n) is 3.11. The van der Waals surface area contributed by atoms with Crippen LogP contribution in [0, 0.1) is 5.41 Å². The number of hydrogen-bond acceptors (Lipinski definition) is 4. The molecule has 0 heterocycles. The fourth-order valence-electron chi connectivity index (χ4n) is 1.20. The number of hydrogen-bond donors (Lipinski definition) is 3. The maximum atomic E-state index is 12.0. The molecule has 1 aromatic rings. The van der Waals surface area contributed by atoms with Crippen LogP contribution in [0.1, 0.15) is 5.56 Å². The lowest BCUT2D eigenvalue weighted by Gasteiger charge is -2.12. The van der Waals surface area contributed by atoms with E-state index in [1.807, 2.05) is 0 Å². The van der Waals surface area contributed by atoms with Gasteiger partial charge in [0.05, 0.1) is 19.2 Å². The van der Waals surface area contributed by atoms with Crippen molar-refractivity contribution in [3.63, 3.8) is 0 Å². The average molecular weight is 229 g/mol. The SMILES string of the molecule is COC(=N)c1cc(N)ccc1NCC(F)F. The van der Waals surface area contributed by atoms with Gasteiger partial charge in [0.1, 0.15) is 0 Å². The Bertz CT molecular complexity index is 382. The van der Waals surface area contributed by atoms with Crippen molar-refractivity contribution in [2.75, 3.05) is 24.7 Å². The van der Waals surface area contributed by atoms with Crippen molar-refractivity contribution in [1.29, 1.82) is 5.41 Å². The molecule has 0 amide bonds. The summed E-state index contributed by atoms with van der Waals surface area (Å²) in [5, 5.41) is 10.0. The van der Waals surface area contributed by atoms with Crippen LogP contribution in [0.3, 0.4) is 0 Å². The Morgan fingerprint density at radius 1 is 1.56 bits per heavy atom. The van der Waals surface area contributed by atoms with E-state index in [1.54, 1.807) is 12.1 Å². The summed E-state index contributed by atoms with van der Waals surface area (Å²) in [5.74, 6) is -0.121. The number of benzene rings is 1. The first kappa shape index (κ1) is 12.2. The highest BCUT2D eigenvalue weighted by Crippen LogP contribution is 2.20. The van der Waals surface area contributed by atoms with Gasteiger partial charge in [-0.1, -0.05) is 0 Å². The third-order valence-corrected chi connectivity index (χ3v) is 1.94. The first-order valence-corrected chi connectivity index (χ1v) is 4.59. The molecule has 0 saturated carbocycles. The number of nitrogens with one attached hydrogen (secondary N) is 2. The van der Waals surface area contributed by atoms with Crippen LogP contribution in [0.4, 0.5) is 20.2 Å². The molecule has 0 aromatic heterocycles. The van der Waals surface area contributed by atoms with E-state index in [4.69, 9.17) is 15.9 Å². The van der Waals surface area contributed by atoms with Crippen LogP contribution in [0.5, 0.6) is 0 Å². The number of nitrogen functional groups attached to an aromatic ring is 1. The summed E-state index contributed by atoms with van der Waals surface area (Å²) >= 11 is 0. The lowest BCUT2D eigenvalue weighted by molar-refractivity contribution is 0.163. The number of alkyl halides is 2. The van der Waals surface area contributed by atoms with E-state index in [2.05, 4.69) is 5.32 Å². The fourth-order valence-corrected chi connectivity index (χ4v) is 1.20. The zero-order chi connectivity index (χ0) is 12.1. The van der Waals surface area contributed by atoms with Crippen LogP contribution < -0.4 is 11.1 Å². The fraction of sp³-hybridized carbons (Fsp3) is 0.300. The molecule has 0 aliphatic rings. The van der Waals surface area contributed by atoms with Gasteiger partial charge in [-0.25, -0.2) is 8.78 Å². The minimum Gasteiger partial charge on any atom is -0.481 e. The summed E-state index contributed by atoms with van der Waals surface area (Å²) in [4.78, 5) is 0. The molecule has 4 nitrogen and oxygen atoms in total. The minimum absolute atomic E-state index is 0.121. The standard InChI is InChI=1S/C10H13F2N3O/c1-16-10(14)7-4-6(13)2-3-8(7)15-5-9(11)12/h2-4,9,14-15H,5,13H2,1H3. The number of nitrogens with two attached hydrogens (primary N) is 1. The van der Waals surface area contributed by atoms with E-state index in [0.717, 1.165) is 0 Å². The number of rotatable bonds is 4. The zero-order valence-electron chi connectivity index (χ0n) is 8.76. The molecule has 4 N–H and O–H groups in total. The molecular formula is C10H13F2N3O. The molecule has 0 radical (unpaired) electrons. The Labute approximate surface area is 91.9 Å². The highest BCUT2D eigenvalue weighted by atomic mass is 19.3. The highest BCUT2D eigenvalue weighted by molar-refractivity contribution is 5.98. The highest BCUT2D eigenvalue weighted by Gasteiger charge is 2.10. The summed E-state index contributed by atoms with van der Waals surface area (Å²) in [6, 6.07) is 4.61. The topological polar surface area (TPSA) is 71.1 Å². The molecule has 0 unspecified atom stereocenters. The molecule has 1 aromatic carbocycles. The van der Waals surface area contributed by atoms with Gasteiger partial charge in [-0.3, -0.25) is 5.41 Å². The van der Waals surface area contributed by atoms with E-state index in [1.165, 1.54) is 13.2 Å². The summed E-state index contributed by atoms with van der Waals surface area (Å²) < 4.78 is 28.8. The molecule has 0 atom stereocenters. The third kappa shape index (κ3) is 3.08. The van der Waals surface area contributed by atoms with Gasteiger partial charge < -0.3 is 15.8 Å². The monoisotopic (exact) mass is 229 g/mol. The Morgan fingerprint density at radius 2 is 2.25 bits per heavy atom. The molecule has 1 rings (SSSR count). The Hall–Kier alpha value is -1.85. The van der Waals surface area contributed by atoms with Gasteiger partial charge in [0, 0.05) is 11.4 Å². The minimum atomic E-state index is -2.46. The first-order valence-electron chi connectivity index (χ1n) is 4.59. The predicted molar refractivity (Wildman–Crippen MR) is 59.2 cm³/mol. The maximum Gasteiger partial charge on any atom is 0.255 e. The van der Waals surface area contributed by atoms with Crippen molar-refractivity contribution in [2.24, 2.45) is 0 Å². The van der Waals surface area contributed by atoms with Gasteiger partial charge in [0.2, 0.25) is 5.90 Å².